The first-order valence-electron chi connectivity index (χ1n) is 4.72. The molecular formula is C10H21S+. The van der Waals surface area contributed by atoms with Crippen LogP contribution < -0.4 is 0 Å². The molecule has 1 rings (SSSR count). The Hall–Kier alpha value is 0.350. The van der Waals surface area contributed by atoms with Gasteiger partial charge in [-0.25, -0.2) is 0 Å². The van der Waals surface area contributed by atoms with Crippen LogP contribution in [0.4, 0.5) is 0 Å². The lowest BCUT2D eigenvalue weighted by Gasteiger charge is -2.24. The largest absolute Gasteiger partial charge is 0.110 e. The second-order valence-electron chi connectivity index (χ2n) is 4.28. The Morgan fingerprint density at radius 1 is 1.09 bits per heavy atom. The monoisotopic (exact) mass is 173 g/mol. The van der Waals surface area contributed by atoms with Crippen LogP contribution in [0.2, 0.25) is 0 Å². The molecule has 0 nitrogen and oxygen atoms in total. The maximum absolute atomic E-state index is 2.40. The van der Waals surface area contributed by atoms with E-state index in [2.05, 4.69) is 19.4 Å². The Balaban J connectivity index is 2.17. The molecule has 1 saturated carbocycles. The minimum atomic E-state index is 0.676. The summed E-state index contributed by atoms with van der Waals surface area (Å²) in [4.78, 5) is 0. The minimum absolute atomic E-state index is 0.676. The molecular weight excluding hydrogens is 152 g/mol. The predicted octanol–water partition coefficient (Wildman–Crippen LogP) is 2.69. The summed E-state index contributed by atoms with van der Waals surface area (Å²) < 4.78 is 0. The fourth-order valence-corrected chi connectivity index (χ4v) is 3.24. The molecule has 0 atom stereocenters. The quantitative estimate of drug-likeness (QED) is 0.563. The summed E-state index contributed by atoms with van der Waals surface area (Å²) >= 11 is 0. The lowest BCUT2D eigenvalue weighted by atomic mass is 9.84. The zero-order valence-corrected chi connectivity index (χ0v) is 8.91. The van der Waals surface area contributed by atoms with Crippen LogP contribution in [0.1, 0.15) is 32.6 Å². The van der Waals surface area contributed by atoms with Crippen molar-refractivity contribution in [3.63, 3.8) is 0 Å². The van der Waals surface area contributed by atoms with Crippen LogP contribution in [0.5, 0.6) is 0 Å². The summed E-state index contributed by atoms with van der Waals surface area (Å²) in [7, 11) is 0.676. The predicted molar refractivity (Wildman–Crippen MR) is 55.2 cm³/mol. The summed E-state index contributed by atoms with van der Waals surface area (Å²) in [6, 6.07) is 0. The maximum Gasteiger partial charge on any atom is 0.110 e. The highest BCUT2D eigenvalue weighted by atomic mass is 32.2. The summed E-state index contributed by atoms with van der Waals surface area (Å²) in [5.41, 5.74) is 0. The van der Waals surface area contributed by atoms with Crippen molar-refractivity contribution in [2.75, 3.05) is 18.3 Å². The molecule has 1 aliphatic carbocycles. The van der Waals surface area contributed by atoms with E-state index in [1.807, 2.05) is 0 Å². The van der Waals surface area contributed by atoms with Crippen molar-refractivity contribution in [1.29, 1.82) is 0 Å². The standard InChI is InChI=1S/C10H21S/c1-9-4-6-10(7-5-9)8-11(2)3/h9-10H,4-8H2,1-3H3/q+1. The van der Waals surface area contributed by atoms with Crippen LogP contribution in [0, 0.1) is 11.8 Å². The smallest absolute Gasteiger partial charge is 0.0625 e. The molecule has 0 radical (unpaired) electrons. The van der Waals surface area contributed by atoms with Crippen LogP contribution in [-0.2, 0) is 10.9 Å². The van der Waals surface area contributed by atoms with Crippen LogP contribution in [0.3, 0.4) is 0 Å². The molecule has 1 fully saturated rings. The molecule has 0 aromatic rings. The average molecular weight is 173 g/mol. The molecule has 0 N–H and O–H groups in total. The zero-order valence-electron chi connectivity index (χ0n) is 8.10. The third kappa shape index (κ3) is 3.50. The van der Waals surface area contributed by atoms with Crippen LogP contribution in [-0.4, -0.2) is 18.3 Å². The molecule has 0 aliphatic heterocycles. The summed E-state index contributed by atoms with van der Waals surface area (Å²) in [5.74, 6) is 3.58. The van der Waals surface area contributed by atoms with Crippen molar-refractivity contribution in [2.24, 2.45) is 11.8 Å². The maximum atomic E-state index is 2.40. The number of rotatable bonds is 2. The van der Waals surface area contributed by atoms with Gasteiger partial charge in [-0.2, -0.15) is 0 Å². The van der Waals surface area contributed by atoms with E-state index in [0.29, 0.717) is 10.9 Å². The van der Waals surface area contributed by atoms with Crippen LogP contribution in [0.25, 0.3) is 0 Å². The first kappa shape index (κ1) is 9.44. The van der Waals surface area contributed by atoms with E-state index in [4.69, 9.17) is 0 Å². The van der Waals surface area contributed by atoms with Gasteiger partial charge in [-0.1, -0.05) is 19.8 Å². The molecule has 0 spiro atoms. The molecule has 1 heteroatoms. The molecule has 0 saturated heterocycles. The van der Waals surface area contributed by atoms with E-state index in [9.17, 15) is 0 Å². The third-order valence-electron chi connectivity index (χ3n) is 2.70. The summed E-state index contributed by atoms with van der Waals surface area (Å²) in [6.45, 7) is 2.40. The van der Waals surface area contributed by atoms with Crippen molar-refractivity contribution < 1.29 is 0 Å². The molecule has 1 aliphatic rings. The van der Waals surface area contributed by atoms with E-state index in [1.54, 1.807) is 0 Å². The topological polar surface area (TPSA) is 0 Å². The minimum Gasteiger partial charge on any atom is -0.0625 e. The lowest BCUT2D eigenvalue weighted by molar-refractivity contribution is 0.311. The zero-order chi connectivity index (χ0) is 8.27. The first-order valence-corrected chi connectivity index (χ1v) is 6.93. The van der Waals surface area contributed by atoms with Crippen molar-refractivity contribution in [3.05, 3.63) is 0 Å². The molecule has 0 aromatic heterocycles. The highest BCUT2D eigenvalue weighted by Gasteiger charge is 2.21. The van der Waals surface area contributed by atoms with Gasteiger partial charge in [-0.05, 0) is 29.7 Å². The van der Waals surface area contributed by atoms with Gasteiger partial charge in [0, 0.05) is 5.92 Å². The van der Waals surface area contributed by atoms with Gasteiger partial charge in [0.25, 0.3) is 0 Å². The normalized spacial score (nSPS) is 32.7. The van der Waals surface area contributed by atoms with Gasteiger partial charge in [-0.3, -0.25) is 0 Å². The molecule has 0 aromatic carbocycles. The van der Waals surface area contributed by atoms with Crippen molar-refractivity contribution in [2.45, 2.75) is 32.6 Å². The van der Waals surface area contributed by atoms with Crippen LogP contribution in [0.15, 0.2) is 0 Å². The van der Waals surface area contributed by atoms with Gasteiger partial charge >= 0.3 is 0 Å². The second kappa shape index (κ2) is 4.39. The fourth-order valence-electron chi connectivity index (χ4n) is 1.97. The molecule has 0 unspecified atom stereocenters. The molecule has 11 heavy (non-hydrogen) atoms. The highest BCUT2D eigenvalue weighted by molar-refractivity contribution is 7.95. The summed E-state index contributed by atoms with van der Waals surface area (Å²) in [5, 5.41) is 0. The first-order chi connectivity index (χ1) is 5.18. The van der Waals surface area contributed by atoms with E-state index >= 15 is 0 Å². The van der Waals surface area contributed by atoms with Gasteiger partial charge in [0.1, 0.15) is 5.75 Å². The van der Waals surface area contributed by atoms with Gasteiger partial charge in [0.2, 0.25) is 0 Å². The second-order valence-corrected chi connectivity index (χ2v) is 6.58. The lowest BCUT2D eigenvalue weighted by Crippen LogP contribution is -2.19. The van der Waals surface area contributed by atoms with E-state index < -0.39 is 0 Å². The Morgan fingerprint density at radius 3 is 2.09 bits per heavy atom. The van der Waals surface area contributed by atoms with Crippen molar-refractivity contribution >= 4 is 10.9 Å². The third-order valence-corrected chi connectivity index (χ3v) is 3.84. The Morgan fingerprint density at radius 2 is 1.64 bits per heavy atom. The van der Waals surface area contributed by atoms with E-state index in [0.717, 1.165) is 11.8 Å². The van der Waals surface area contributed by atoms with Gasteiger partial charge in [-0.15, -0.1) is 0 Å². The van der Waals surface area contributed by atoms with Crippen molar-refractivity contribution in [3.8, 4) is 0 Å². The molecule has 0 bridgehead atoms. The van der Waals surface area contributed by atoms with E-state index in [-0.39, 0.29) is 0 Å². The van der Waals surface area contributed by atoms with Crippen LogP contribution >= 0.6 is 0 Å². The van der Waals surface area contributed by atoms with Gasteiger partial charge < -0.3 is 0 Å². The summed E-state index contributed by atoms with van der Waals surface area (Å²) in [6.07, 6.45) is 10.7. The SMILES string of the molecule is CC1CCC(C[S+](C)C)CC1. The Bertz CT molecular complexity index is 101. The molecule has 66 valence electrons. The Labute approximate surface area is 74.1 Å². The molecule has 0 heterocycles. The number of hydrogen-bond donors (Lipinski definition) is 0. The van der Waals surface area contributed by atoms with Crippen molar-refractivity contribution in [1.82, 2.24) is 0 Å². The van der Waals surface area contributed by atoms with Gasteiger partial charge in [0.15, 0.2) is 0 Å². The Kier molecular flexibility index (Phi) is 3.77. The van der Waals surface area contributed by atoms with Gasteiger partial charge in [0.05, 0.1) is 12.5 Å². The van der Waals surface area contributed by atoms with E-state index in [1.165, 1.54) is 31.4 Å². The fraction of sp³-hybridized carbons (Fsp3) is 1.00. The highest BCUT2D eigenvalue weighted by Crippen LogP contribution is 2.28. The number of hydrogen-bond acceptors (Lipinski definition) is 0. The molecule has 0 amide bonds. The average Bonchev–Trinajstić information content (AvgIpc) is 1.93.